The fraction of sp³-hybridized carbons (Fsp3) is 0.450. The average molecular weight is 422 g/mol. The molecule has 2 aliphatic heterocycles. The number of piperidine rings is 1. The maximum absolute atomic E-state index is 12.7. The minimum absolute atomic E-state index is 0.0889. The fourth-order valence-corrected chi connectivity index (χ4v) is 5.83. The van der Waals surface area contributed by atoms with Gasteiger partial charge in [-0.1, -0.05) is 16.3 Å². The van der Waals surface area contributed by atoms with E-state index < -0.39 is 10.2 Å². The lowest BCUT2D eigenvalue weighted by Crippen LogP contribution is -2.43. The first-order valence-electron chi connectivity index (χ1n) is 9.44. The molecule has 0 radical (unpaired) electrons. The molecule has 1 spiro atoms. The van der Waals surface area contributed by atoms with E-state index in [1.54, 1.807) is 35.6 Å². The molecule has 6 nitrogen and oxygen atoms in total. The van der Waals surface area contributed by atoms with Crippen LogP contribution in [-0.4, -0.2) is 36.4 Å². The molecule has 3 N–H and O–H groups in total. The molecule has 0 bridgehead atoms. The second-order valence-corrected chi connectivity index (χ2v) is 10.6. The second-order valence-electron chi connectivity index (χ2n) is 7.44. The van der Waals surface area contributed by atoms with Crippen molar-refractivity contribution in [1.82, 2.24) is 10.6 Å². The van der Waals surface area contributed by atoms with Gasteiger partial charge in [0, 0.05) is 11.4 Å². The minimum Gasteiger partial charge on any atom is -0.369 e. The van der Waals surface area contributed by atoms with Crippen molar-refractivity contribution in [3.8, 4) is 0 Å². The van der Waals surface area contributed by atoms with Gasteiger partial charge in [-0.3, -0.25) is 4.79 Å². The van der Waals surface area contributed by atoms with Gasteiger partial charge in [0.25, 0.3) is 5.91 Å². The zero-order valence-corrected chi connectivity index (χ0v) is 17.5. The van der Waals surface area contributed by atoms with Gasteiger partial charge in [0.1, 0.15) is 11.9 Å². The van der Waals surface area contributed by atoms with Crippen LogP contribution in [0, 0.1) is 0 Å². The third-order valence-corrected chi connectivity index (χ3v) is 7.93. The quantitative estimate of drug-likeness (QED) is 0.661. The van der Waals surface area contributed by atoms with E-state index in [-0.39, 0.29) is 11.5 Å². The fourth-order valence-electron chi connectivity index (χ4n) is 3.87. The molecule has 0 saturated carbocycles. The van der Waals surface area contributed by atoms with Crippen molar-refractivity contribution in [3.05, 3.63) is 51.2 Å². The topological polar surface area (TPSA) is 87.7 Å². The molecule has 1 unspecified atom stereocenters. The summed E-state index contributed by atoms with van der Waals surface area (Å²) in [5, 5.41) is 6.34. The lowest BCUT2D eigenvalue weighted by Gasteiger charge is -2.40. The maximum atomic E-state index is 12.7. The molecular weight excluding hydrogens is 396 g/mol. The maximum Gasteiger partial charge on any atom is 0.261 e. The van der Waals surface area contributed by atoms with E-state index in [9.17, 15) is 13.6 Å². The number of rotatable bonds is 4. The molecule has 1 atom stereocenters. The summed E-state index contributed by atoms with van der Waals surface area (Å²) in [6.45, 7) is 2.96. The predicted octanol–water partition coefficient (Wildman–Crippen LogP) is 2.79. The Labute approximate surface area is 169 Å². The molecule has 8 heteroatoms. The summed E-state index contributed by atoms with van der Waals surface area (Å²) in [4.78, 5) is 15.0. The Morgan fingerprint density at radius 3 is 2.71 bits per heavy atom. The van der Waals surface area contributed by atoms with Crippen molar-refractivity contribution < 1.29 is 18.3 Å². The van der Waals surface area contributed by atoms with Crippen LogP contribution in [0.5, 0.6) is 0 Å². The largest absolute Gasteiger partial charge is 0.369 e. The van der Waals surface area contributed by atoms with Crippen molar-refractivity contribution in [2.24, 2.45) is 0 Å². The molecule has 1 fully saturated rings. The SMILES string of the molecule is C[S+](=O)(O)c1ccc(CNC(=O)c2cc3c(s2)C2(CCNCC2)OCC3)cc1. The van der Waals surface area contributed by atoms with Crippen LogP contribution in [0.15, 0.2) is 35.2 Å². The van der Waals surface area contributed by atoms with Crippen LogP contribution in [-0.2, 0) is 37.7 Å². The highest BCUT2D eigenvalue weighted by molar-refractivity contribution is 7.97. The van der Waals surface area contributed by atoms with Gasteiger partial charge in [-0.15, -0.1) is 11.3 Å². The van der Waals surface area contributed by atoms with Crippen molar-refractivity contribution in [2.45, 2.75) is 36.3 Å². The number of amides is 1. The normalized spacial score (nSPS) is 20.4. The van der Waals surface area contributed by atoms with Crippen LogP contribution in [0.1, 0.15) is 38.5 Å². The highest BCUT2D eigenvalue weighted by atomic mass is 32.3. The van der Waals surface area contributed by atoms with Crippen molar-refractivity contribution in [3.63, 3.8) is 0 Å². The summed E-state index contributed by atoms with van der Waals surface area (Å²) >= 11 is 1.55. The van der Waals surface area contributed by atoms with Gasteiger partial charge in [-0.05, 0) is 61.7 Å². The third kappa shape index (κ3) is 3.92. The Bertz CT molecular complexity index is 911. The molecule has 3 heterocycles. The van der Waals surface area contributed by atoms with Crippen molar-refractivity contribution in [1.29, 1.82) is 0 Å². The number of carbonyl (C=O) groups is 1. The van der Waals surface area contributed by atoms with E-state index >= 15 is 0 Å². The summed E-state index contributed by atoms with van der Waals surface area (Å²) in [6, 6.07) is 8.82. The van der Waals surface area contributed by atoms with Gasteiger partial charge >= 0.3 is 0 Å². The molecule has 1 aromatic heterocycles. The van der Waals surface area contributed by atoms with Crippen LogP contribution in [0.25, 0.3) is 0 Å². The highest BCUT2D eigenvalue weighted by Crippen LogP contribution is 2.44. The van der Waals surface area contributed by atoms with E-state index in [4.69, 9.17) is 4.74 Å². The van der Waals surface area contributed by atoms with Crippen LogP contribution in [0.2, 0.25) is 0 Å². The average Bonchev–Trinajstić information content (AvgIpc) is 3.13. The second kappa shape index (κ2) is 7.68. The van der Waals surface area contributed by atoms with Crippen molar-refractivity contribution in [2.75, 3.05) is 26.0 Å². The van der Waals surface area contributed by atoms with Gasteiger partial charge in [-0.25, -0.2) is 0 Å². The summed E-state index contributed by atoms with van der Waals surface area (Å²) in [7, 11) is -2.96. The van der Waals surface area contributed by atoms with E-state index in [0.29, 0.717) is 18.0 Å². The minimum atomic E-state index is -2.96. The van der Waals surface area contributed by atoms with Gasteiger partial charge < -0.3 is 15.4 Å². The highest BCUT2D eigenvalue weighted by Gasteiger charge is 2.41. The number of thiophene rings is 1. The summed E-state index contributed by atoms with van der Waals surface area (Å²) in [6.07, 6.45) is 4.03. The molecule has 0 aliphatic carbocycles. The number of hydrogen-bond donors (Lipinski definition) is 3. The van der Waals surface area contributed by atoms with Crippen LogP contribution >= 0.6 is 11.3 Å². The molecule has 150 valence electrons. The number of ether oxygens (including phenoxy) is 1. The smallest absolute Gasteiger partial charge is 0.261 e. The predicted molar refractivity (Wildman–Crippen MR) is 110 cm³/mol. The van der Waals surface area contributed by atoms with Crippen LogP contribution < -0.4 is 10.6 Å². The first-order chi connectivity index (χ1) is 13.4. The Kier molecular flexibility index (Phi) is 5.41. The van der Waals surface area contributed by atoms with E-state index in [2.05, 4.69) is 10.6 Å². The molecule has 1 saturated heterocycles. The first kappa shape index (κ1) is 19.7. The third-order valence-electron chi connectivity index (χ3n) is 5.42. The van der Waals surface area contributed by atoms with E-state index in [1.807, 2.05) is 6.07 Å². The number of benzene rings is 1. The van der Waals surface area contributed by atoms with Crippen molar-refractivity contribution >= 4 is 27.5 Å². The Morgan fingerprint density at radius 2 is 2.04 bits per heavy atom. The Hall–Kier alpha value is -1.58. The summed E-state index contributed by atoms with van der Waals surface area (Å²) in [5.74, 6) is -0.0889. The Balaban J connectivity index is 1.45. The zero-order chi connectivity index (χ0) is 19.8. The number of nitrogens with one attached hydrogen (secondary N) is 2. The molecule has 2 aliphatic rings. The molecule has 28 heavy (non-hydrogen) atoms. The molecular formula is C20H25N2O4S2+. The van der Waals surface area contributed by atoms with Crippen LogP contribution in [0.3, 0.4) is 0 Å². The van der Waals surface area contributed by atoms with Gasteiger partial charge in [0.15, 0.2) is 4.90 Å². The van der Waals surface area contributed by atoms with Crippen LogP contribution in [0.4, 0.5) is 0 Å². The lowest BCUT2D eigenvalue weighted by molar-refractivity contribution is -0.0771. The zero-order valence-electron chi connectivity index (χ0n) is 15.8. The molecule has 1 aromatic carbocycles. The standard InChI is InChI=1S/C20H24N2O4S2/c1-28(24,25)16-4-2-14(3-5-16)13-22-19(23)17-12-15-6-11-26-20(18(15)27-17)7-9-21-10-8-20/h2-5,12,21H,6-11,13H2,1H3,(H-,22,23,24,25)/p+1. The molecule has 2 aromatic rings. The number of carbonyl (C=O) groups excluding carboxylic acids is 1. The molecule has 1 amide bonds. The number of hydrogen-bond acceptors (Lipinski definition) is 5. The monoisotopic (exact) mass is 421 g/mol. The van der Waals surface area contributed by atoms with Gasteiger partial charge in [0.05, 0.1) is 11.5 Å². The Morgan fingerprint density at radius 1 is 1.32 bits per heavy atom. The number of fused-ring (bicyclic) bond motifs is 2. The molecule has 4 rings (SSSR count). The van der Waals surface area contributed by atoms with Gasteiger partial charge in [0.2, 0.25) is 10.2 Å². The summed E-state index contributed by atoms with van der Waals surface area (Å²) < 4.78 is 27.4. The lowest BCUT2D eigenvalue weighted by atomic mass is 9.86. The van der Waals surface area contributed by atoms with Gasteiger partial charge in [-0.2, -0.15) is 4.55 Å². The van der Waals surface area contributed by atoms with E-state index in [0.717, 1.165) is 42.8 Å². The first-order valence-corrected chi connectivity index (χ1v) is 12.2. The summed E-state index contributed by atoms with van der Waals surface area (Å²) in [5.41, 5.74) is 1.91. The van der Waals surface area contributed by atoms with E-state index in [1.165, 1.54) is 16.7 Å².